The maximum Gasteiger partial charge on any atom is 0.215 e. The molecule has 2 heterocycles. The number of hydrogen-bond donors (Lipinski definition) is 2. The van der Waals surface area contributed by atoms with Crippen LogP contribution in [0.2, 0.25) is 5.02 Å². The minimum absolute atomic E-state index is 0.361. The fraction of sp³-hybridized carbons (Fsp3) is 0. The van der Waals surface area contributed by atoms with Crippen LogP contribution in [-0.4, -0.2) is 20.2 Å². The number of rotatable bonds is 0. The lowest BCUT2D eigenvalue weighted by Crippen LogP contribution is -1.86. The molecule has 3 rings (SSSR count). The summed E-state index contributed by atoms with van der Waals surface area (Å²) in [5, 5.41) is 8.46. The summed E-state index contributed by atoms with van der Waals surface area (Å²) in [4.78, 5) is 7.26. The van der Waals surface area contributed by atoms with Gasteiger partial charge in [0.15, 0.2) is 5.65 Å². The van der Waals surface area contributed by atoms with Gasteiger partial charge in [0.1, 0.15) is 5.52 Å². The Bertz CT molecular complexity index is 715. The van der Waals surface area contributed by atoms with Crippen LogP contribution in [0.25, 0.3) is 22.1 Å². The summed E-state index contributed by atoms with van der Waals surface area (Å²) in [6.07, 6.45) is 0. The second-order valence-corrected chi connectivity index (χ2v) is 3.98. The Morgan fingerprint density at radius 2 is 2.20 bits per heavy atom. The Balaban J connectivity index is 2.57. The molecule has 0 saturated carbocycles. The lowest BCUT2D eigenvalue weighted by Gasteiger charge is -1.90. The molecular formula is C9H5ClN4S. The highest BCUT2D eigenvalue weighted by atomic mass is 35.5. The fourth-order valence-corrected chi connectivity index (χ4v) is 1.87. The summed E-state index contributed by atoms with van der Waals surface area (Å²) < 4.78 is 0.361. The lowest BCUT2D eigenvalue weighted by molar-refractivity contribution is 0.999. The number of nitrogens with one attached hydrogen (secondary N) is 2. The highest BCUT2D eigenvalue weighted by Crippen LogP contribution is 2.24. The Kier molecular flexibility index (Phi) is 1.77. The van der Waals surface area contributed by atoms with Gasteiger partial charge in [0.2, 0.25) is 4.77 Å². The van der Waals surface area contributed by atoms with Crippen molar-refractivity contribution < 1.29 is 0 Å². The second kappa shape index (κ2) is 3.01. The molecule has 0 amide bonds. The maximum absolute atomic E-state index is 5.89. The first-order chi connectivity index (χ1) is 7.24. The van der Waals surface area contributed by atoms with Gasteiger partial charge in [0.05, 0.1) is 5.52 Å². The zero-order valence-corrected chi connectivity index (χ0v) is 8.99. The van der Waals surface area contributed by atoms with Crippen LogP contribution < -0.4 is 0 Å². The van der Waals surface area contributed by atoms with Crippen molar-refractivity contribution in [2.24, 2.45) is 0 Å². The van der Waals surface area contributed by atoms with Gasteiger partial charge >= 0.3 is 0 Å². The van der Waals surface area contributed by atoms with E-state index in [4.69, 9.17) is 23.8 Å². The van der Waals surface area contributed by atoms with Crippen LogP contribution in [0.1, 0.15) is 0 Å². The smallest absolute Gasteiger partial charge is 0.215 e. The zero-order chi connectivity index (χ0) is 10.4. The van der Waals surface area contributed by atoms with E-state index in [1.807, 2.05) is 18.2 Å². The van der Waals surface area contributed by atoms with Gasteiger partial charge in [-0.15, -0.1) is 0 Å². The second-order valence-electron chi connectivity index (χ2n) is 3.15. The Morgan fingerprint density at radius 1 is 1.33 bits per heavy atom. The van der Waals surface area contributed by atoms with Crippen LogP contribution in [-0.2, 0) is 0 Å². The third kappa shape index (κ3) is 1.32. The van der Waals surface area contributed by atoms with Gasteiger partial charge in [-0.1, -0.05) is 11.6 Å². The van der Waals surface area contributed by atoms with Gasteiger partial charge in [0, 0.05) is 10.4 Å². The molecule has 0 radical (unpaired) electrons. The van der Waals surface area contributed by atoms with Gasteiger partial charge in [0.25, 0.3) is 0 Å². The van der Waals surface area contributed by atoms with E-state index in [0.29, 0.717) is 15.4 Å². The van der Waals surface area contributed by atoms with Crippen molar-refractivity contribution in [1.82, 2.24) is 20.2 Å². The summed E-state index contributed by atoms with van der Waals surface area (Å²) in [5.41, 5.74) is 2.36. The third-order valence-electron chi connectivity index (χ3n) is 2.19. The molecule has 6 heteroatoms. The number of halogens is 1. The average molecular weight is 237 g/mol. The number of benzene rings is 1. The van der Waals surface area contributed by atoms with Gasteiger partial charge in [-0.25, -0.2) is 0 Å². The molecule has 0 aliphatic heterocycles. The molecule has 0 atom stereocenters. The monoisotopic (exact) mass is 236 g/mol. The molecule has 3 aromatic rings. The largest absolute Gasteiger partial charge is 0.338 e. The number of nitrogens with zero attached hydrogens (tertiary/aromatic N) is 2. The molecular weight excluding hydrogens is 232 g/mol. The number of aromatic nitrogens is 4. The molecule has 0 aliphatic rings. The molecule has 0 unspecified atom stereocenters. The average Bonchev–Trinajstić information content (AvgIpc) is 2.53. The van der Waals surface area contributed by atoms with Crippen LogP contribution in [0.3, 0.4) is 0 Å². The predicted octanol–water partition coefficient (Wildman–Crippen LogP) is 2.82. The molecule has 0 aliphatic carbocycles. The number of hydrogen-bond acceptors (Lipinski definition) is 3. The summed E-state index contributed by atoms with van der Waals surface area (Å²) in [6.45, 7) is 0. The van der Waals surface area contributed by atoms with Gasteiger partial charge in [-0.3, -0.25) is 5.10 Å². The fourth-order valence-electron chi connectivity index (χ4n) is 1.57. The summed E-state index contributed by atoms with van der Waals surface area (Å²) >= 11 is 10.8. The van der Waals surface area contributed by atoms with Gasteiger partial charge in [-0.05, 0) is 30.4 Å². The molecule has 15 heavy (non-hydrogen) atoms. The predicted molar refractivity (Wildman–Crippen MR) is 61.6 cm³/mol. The van der Waals surface area contributed by atoms with Gasteiger partial charge < -0.3 is 4.98 Å². The van der Waals surface area contributed by atoms with Gasteiger partial charge in [-0.2, -0.15) is 10.1 Å². The van der Waals surface area contributed by atoms with Crippen LogP contribution >= 0.6 is 23.8 Å². The molecule has 0 bridgehead atoms. The highest BCUT2D eigenvalue weighted by molar-refractivity contribution is 7.71. The van der Waals surface area contributed by atoms with Crippen LogP contribution in [0, 0.1) is 4.77 Å². The van der Waals surface area contributed by atoms with E-state index in [9.17, 15) is 0 Å². The first-order valence-corrected chi connectivity index (χ1v) is 5.06. The first kappa shape index (κ1) is 8.82. The topological polar surface area (TPSA) is 57.4 Å². The Labute approximate surface area is 94.3 Å². The normalized spacial score (nSPS) is 11.3. The van der Waals surface area contributed by atoms with E-state index < -0.39 is 0 Å². The first-order valence-electron chi connectivity index (χ1n) is 4.28. The molecule has 1 aromatic carbocycles. The minimum atomic E-state index is 0.361. The third-order valence-corrected chi connectivity index (χ3v) is 2.61. The Morgan fingerprint density at radius 3 is 3.07 bits per heavy atom. The number of fused-ring (bicyclic) bond motifs is 3. The summed E-state index contributed by atoms with van der Waals surface area (Å²) in [6, 6.07) is 5.56. The van der Waals surface area contributed by atoms with E-state index in [-0.39, 0.29) is 0 Å². The number of H-pyrrole nitrogens is 2. The van der Waals surface area contributed by atoms with E-state index in [1.54, 1.807) is 0 Å². The van der Waals surface area contributed by atoms with E-state index in [0.717, 1.165) is 16.4 Å². The van der Waals surface area contributed by atoms with Crippen molar-refractivity contribution in [3.63, 3.8) is 0 Å². The zero-order valence-electron chi connectivity index (χ0n) is 7.41. The Hall–Kier alpha value is -1.46. The van der Waals surface area contributed by atoms with Crippen molar-refractivity contribution in [2.45, 2.75) is 0 Å². The van der Waals surface area contributed by atoms with Crippen molar-refractivity contribution >= 4 is 45.9 Å². The van der Waals surface area contributed by atoms with Crippen molar-refractivity contribution in [1.29, 1.82) is 0 Å². The van der Waals surface area contributed by atoms with E-state index in [1.165, 1.54) is 0 Å². The van der Waals surface area contributed by atoms with Crippen LogP contribution in [0.15, 0.2) is 18.2 Å². The van der Waals surface area contributed by atoms with Crippen molar-refractivity contribution in [3.05, 3.63) is 28.0 Å². The molecule has 2 aromatic heterocycles. The molecule has 74 valence electrons. The standard InChI is InChI=1S/C9H5ClN4S/c10-4-1-2-5-6(3-4)11-8-7(5)13-14-9(15)12-8/h1-3H,(H2,11,12,14,15). The summed E-state index contributed by atoms with van der Waals surface area (Å²) in [7, 11) is 0. The molecule has 0 spiro atoms. The van der Waals surface area contributed by atoms with Crippen LogP contribution in [0.5, 0.6) is 0 Å². The molecule has 0 saturated heterocycles. The highest BCUT2D eigenvalue weighted by Gasteiger charge is 2.06. The van der Waals surface area contributed by atoms with Crippen LogP contribution in [0.4, 0.5) is 0 Å². The quantitative estimate of drug-likeness (QED) is 0.590. The minimum Gasteiger partial charge on any atom is -0.338 e. The van der Waals surface area contributed by atoms with E-state index >= 15 is 0 Å². The van der Waals surface area contributed by atoms with E-state index in [2.05, 4.69) is 20.2 Å². The number of aromatic amines is 2. The SMILES string of the molecule is S=c1nc2[nH]c3cc(Cl)ccc3c2n[nH]1. The maximum atomic E-state index is 5.89. The molecule has 2 N–H and O–H groups in total. The summed E-state index contributed by atoms with van der Waals surface area (Å²) in [5.74, 6) is 0. The van der Waals surface area contributed by atoms with Crippen molar-refractivity contribution in [2.75, 3.05) is 0 Å². The molecule has 0 fully saturated rings. The molecule has 4 nitrogen and oxygen atoms in total. The van der Waals surface area contributed by atoms with Crippen molar-refractivity contribution in [3.8, 4) is 0 Å². The lowest BCUT2D eigenvalue weighted by atomic mass is 10.2.